The van der Waals surface area contributed by atoms with Crippen LogP contribution in [0.15, 0.2) is 12.1 Å². The van der Waals surface area contributed by atoms with E-state index in [4.69, 9.17) is 9.47 Å². The summed E-state index contributed by atoms with van der Waals surface area (Å²) in [4.78, 5) is 5.58. The Kier molecular flexibility index (Phi) is 2.64. The molecule has 2 aromatic heterocycles. The van der Waals surface area contributed by atoms with Crippen LogP contribution < -0.4 is 0 Å². The molecule has 0 unspecified atom stereocenters. The molecule has 2 nitrogen and oxygen atoms in total. The Bertz CT molecular complexity index is 582. The third kappa shape index (κ3) is 1.49. The lowest BCUT2D eigenvalue weighted by molar-refractivity contribution is -0.126. The maximum absolute atomic E-state index is 6.06. The van der Waals surface area contributed by atoms with Gasteiger partial charge in [-0.1, -0.05) is 13.8 Å². The summed E-state index contributed by atoms with van der Waals surface area (Å²) in [6.45, 7) is 5.79. The summed E-state index contributed by atoms with van der Waals surface area (Å²) in [5.41, 5.74) is 2.49. The molecule has 1 fully saturated rings. The highest BCUT2D eigenvalue weighted by Crippen LogP contribution is 2.57. The van der Waals surface area contributed by atoms with Gasteiger partial charge < -0.3 is 9.47 Å². The minimum atomic E-state index is -0.585. The van der Waals surface area contributed by atoms with Crippen LogP contribution in [-0.4, -0.2) is 13.2 Å². The quantitative estimate of drug-likeness (QED) is 0.827. The molecule has 3 heterocycles. The fourth-order valence-electron chi connectivity index (χ4n) is 2.93. The third-order valence-electron chi connectivity index (χ3n) is 3.87. The van der Waals surface area contributed by atoms with Crippen LogP contribution in [0.2, 0.25) is 0 Å². The molecule has 1 saturated heterocycles. The number of thiophene rings is 2. The second-order valence-electron chi connectivity index (χ2n) is 4.93. The molecular formula is C15H16O2S2. The first kappa shape index (κ1) is 12.1. The number of aryl methyl sites for hydroxylation is 2. The highest BCUT2D eigenvalue weighted by atomic mass is 32.1. The Balaban J connectivity index is 1.97. The first-order chi connectivity index (χ1) is 9.28. The summed E-state index contributed by atoms with van der Waals surface area (Å²) in [6.07, 6.45) is 2.16. The van der Waals surface area contributed by atoms with E-state index < -0.39 is 5.79 Å². The molecule has 19 heavy (non-hydrogen) atoms. The molecule has 2 aromatic rings. The van der Waals surface area contributed by atoms with Crippen molar-refractivity contribution < 1.29 is 9.47 Å². The van der Waals surface area contributed by atoms with E-state index in [1.807, 2.05) is 22.7 Å². The molecule has 0 bridgehead atoms. The second-order valence-corrected chi connectivity index (χ2v) is 7.21. The summed E-state index contributed by atoms with van der Waals surface area (Å²) in [5, 5.41) is 0. The van der Waals surface area contributed by atoms with Gasteiger partial charge in [0, 0.05) is 20.9 Å². The van der Waals surface area contributed by atoms with E-state index in [0.717, 1.165) is 12.8 Å². The smallest absolute Gasteiger partial charge is 0.225 e. The number of hydrogen-bond acceptors (Lipinski definition) is 4. The number of rotatable bonds is 2. The molecule has 0 amide bonds. The van der Waals surface area contributed by atoms with Gasteiger partial charge >= 0.3 is 0 Å². The van der Waals surface area contributed by atoms with E-state index in [0.29, 0.717) is 13.2 Å². The van der Waals surface area contributed by atoms with Crippen molar-refractivity contribution in [2.24, 2.45) is 0 Å². The topological polar surface area (TPSA) is 18.5 Å². The molecule has 2 aliphatic rings. The van der Waals surface area contributed by atoms with Gasteiger partial charge in [-0.05, 0) is 25.0 Å². The Hall–Kier alpha value is -0.680. The van der Waals surface area contributed by atoms with Gasteiger partial charge in [0.15, 0.2) is 0 Å². The maximum atomic E-state index is 6.06. The lowest BCUT2D eigenvalue weighted by Crippen LogP contribution is -2.25. The van der Waals surface area contributed by atoms with Crippen LogP contribution in [0.5, 0.6) is 0 Å². The summed E-state index contributed by atoms with van der Waals surface area (Å²) in [7, 11) is 0. The highest BCUT2D eigenvalue weighted by molar-refractivity contribution is 7.22. The average molecular weight is 292 g/mol. The van der Waals surface area contributed by atoms with Gasteiger partial charge in [-0.25, -0.2) is 0 Å². The van der Waals surface area contributed by atoms with Crippen molar-refractivity contribution >= 4 is 22.7 Å². The van der Waals surface area contributed by atoms with Crippen molar-refractivity contribution in [3.05, 3.63) is 33.0 Å². The molecule has 1 aliphatic carbocycles. The molecule has 0 aromatic carbocycles. The number of hydrogen-bond donors (Lipinski definition) is 0. The predicted octanol–water partition coefficient (Wildman–Crippen LogP) is 4.16. The van der Waals surface area contributed by atoms with E-state index in [2.05, 4.69) is 26.0 Å². The molecule has 1 spiro atoms. The van der Waals surface area contributed by atoms with Gasteiger partial charge in [0.05, 0.1) is 23.0 Å². The lowest BCUT2D eigenvalue weighted by atomic mass is 10.1. The normalized spacial score (nSPS) is 19.1. The first-order valence-corrected chi connectivity index (χ1v) is 8.46. The summed E-state index contributed by atoms with van der Waals surface area (Å²) in [6, 6.07) is 4.56. The Morgan fingerprint density at radius 3 is 1.84 bits per heavy atom. The van der Waals surface area contributed by atoms with Crippen molar-refractivity contribution in [2.45, 2.75) is 32.5 Å². The van der Waals surface area contributed by atoms with E-state index in [-0.39, 0.29) is 0 Å². The first-order valence-electron chi connectivity index (χ1n) is 6.83. The van der Waals surface area contributed by atoms with Crippen molar-refractivity contribution in [1.29, 1.82) is 0 Å². The van der Waals surface area contributed by atoms with E-state index in [1.54, 1.807) is 0 Å². The van der Waals surface area contributed by atoms with Crippen molar-refractivity contribution in [2.75, 3.05) is 13.2 Å². The summed E-state index contributed by atoms with van der Waals surface area (Å²) in [5.74, 6) is -0.585. The zero-order valence-corrected chi connectivity index (χ0v) is 12.7. The monoisotopic (exact) mass is 292 g/mol. The molecular weight excluding hydrogens is 276 g/mol. The Morgan fingerprint density at radius 2 is 1.42 bits per heavy atom. The Morgan fingerprint density at radius 1 is 0.947 bits per heavy atom. The van der Waals surface area contributed by atoms with Crippen LogP contribution in [-0.2, 0) is 28.1 Å². The minimum absolute atomic E-state index is 0.585. The summed E-state index contributed by atoms with van der Waals surface area (Å²) < 4.78 is 12.1. The van der Waals surface area contributed by atoms with Gasteiger partial charge in [-0.15, -0.1) is 22.7 Å². The van der Waals surface area contributed by atoms with E-state index in [9.17, 15) is 0 Å². The Labute approximate surface area is 121 Å². The molecule has 0 saturated carbocycles. The second kappa shape index (κ2) is 4.16. The fraction of sp³-hybridized carbons (Fsp3) is 0.467. The van der Waals surface area contributed by atoms with Crippen molar-refractivity contribution in [1.82, 2.24) is 0 Å². The molecule has 1 aliphatic heterocycles. The molecule has 0 radical (unpaired) electrons. The molecule has 100 valence electrons. The highest BCUT2D eigenvalue weighted by Gasteiger charge is 2.50. The van der Waals surface area contributed by atoms with Crippen LogP contribution in [0, 0.1) is 0 Å². The zero-order chi connectivity index (χ0) is 13.0. The SMILES string of the molecule is CCc1cc2c(s1)-c1sc(CC)cc1C21OCCO1. The number of fused-ring (bicyclic) bond motifs is 5. The van der Waals surface area contributed by atoms with E-state index >= 15 is 0 Å². The van der Waals surface area contributed by atoms with Gasteiger partial charge in [-0.2, -0.15) is 0 Å². The lowest BCUT2D eigenvalue weighted by Gasteiger charge is -2.22. The van der Waals surface area contributed by atoms with Gasteiger partial charge in [0.25, 0.3) is 0 Å². The van der Waals surface area contributed by atoms with Crippen LogP contribution in [0.1, 0.15) is 34.7 Å². The molecule has 4 rings (SSSR count). The molecule has 0 atom stereocenters. The fourth-order valence-corrected chi connectivity index (χ4v) is 5.36. The maximum Gasteiger partial charge on any atom is 0.225 e. The third-order valence-corrected chi connectivity index (χ3v) is 6.60. The van der Waals surface area contributed by atoms with Crippen molar-refractivity contribution in [3.63, 3.8) is 0 Å². The predicted molar refractivity (Wildman–Crippen MR) is 79.1 cm³/mol. The van der Waals surface area contributed by atoms with Crippen LogP contribution in [0.25, 0.3) is 9.75 Å². The summed E-state index contributed by atoms with van der Waals surface area (Å²) >= 11 is 3.80. The van der Waals surface area contributed by atoms with Gasteiger partial charge in [0.1, 0.15) is 0 Å². The number of ether oxygens (including phenoxy) is 2. The van der Waals surface area contributed by atoms with Crippen LogP contribution in [0.3, 0.4) is 0 Å². The van der Waals surface area contributed by atoms with Gasteiger partial charge in [0.2, 0.25) is 5.79 Å². The largest absolute Gasteiger partial charge is 0.340 e. The zero-order valence-electron chi connectivity index (χ0n) is 11.1. The van der Waals surface area contributed by atoms with Gasteiger partial charge in [-0.3, -0.25) is 0 Å². The van der Waals surface area contributed by atoms with Crippen molar-refractivity contribution in [3.8, 4) is 9.75 Å². The standard InChI is InChI=1S/C15H16O2S2/c1-3-9-7-11-13(18-9)14-12(8-10(4-2)19-14)15(11)16-5-6-17-15/h7-8H,3-6H2,1-2H3. The van der Waals surface area contributed by atoms with E-state index in [1.165, 1.54) is 30.6 Å². The minimum Gasteiger partial charge on any atom is -0.340 e. The van der Waals surface area contributed by atoms with Crippen LogP contribution >= 0.6 is 22.7 Å². The average Bonchev–Trinajstić information content (AvgIpc) is 3.16. The molecule has 0 N–H and O–H groups in total. The molecule has 4 heteroatoms. The van der Waals surface area contributed by atoms with Crippen LogP contribution in [0.4, 0.5) is 0 Å².